The van der Waals surface area contributed by atoms with Crippen LogP contribution in [-0.2, 0) is 9.53 Å². The third-order valence-corrected chi connectivity index (χ3v) is 7.02. The van der Waals surface area contributed by atoms with E-state index < -0.39 is 11.9 Å². The normalized spacial score (nSPS) is 19.7. The molecule has 1 aromatic carbocycles. The maximum atomic E-state index is 12.9. The van der Waals surface area contributed by atoms with Crippen molar-refractivity contribution in [2.75, 3.05) is 19.8 Å². The molecule has 2 fully saturated rings. The van der Waals surface area contributed by atoms with Crippen molar-refractivity contribution < 1.29 is 19.4 Å². The number of benzene rings is 1. The third kappa shape index (κ3) is 5.48. The molecule has 1 aliphatic carbocycles. The quantitative estimate of drug-likeness (QED) is 0.738. The van der Waals surface area contributed by atoms with Gasteiger partial charge in [-0.25, -0.2) is 0 Å². The first-order chi connectivity index (χ1) is 13.0. The number of aryl methyl sites for hydroxylation is 1. The summed E-state index contributed by atoms with van der Waals surface area (Å²) in [7, 11) is 0. The fraction of sp³-hybridized carbons (Fsp3) is 0.619. The van der Waals surface area contributed by atoms with E-state index in [4.69, 9.17) is 4.74 Å². The lowest BCUT2D eigenvalue weighted by molar-refractivity contribution is -0.144. The van der Waals surface area contributed by atoms with Crippen molar-refractivity contribution in [1.82, 2.24) is 5.32 Å². The zero-order valence-corrected chi connectivity index (χ0v) is 16.7. The monoisotopic (exact) mass is 391 g/mol. The number of aliphatic carboxylic acids is 1. The minimum atomic E-state index is -0.841. The number of carbonyl (C=O) groups excluding carboxylic acids is 1. The van der Waals surface area contributed by atoms with Crippen LogP contribution in [0.5, 0.6) is 0 Å². The number of carboxylic acids is 1. The zero-order valence-electron chi connectivity index (χ0n) is 15.9. The summed E-state index contributed by atoms with van der Waals surface area (Å²) in [5.41, 5.74) is 1.71. The zero-order chi connectivity index (χ0) is 19.2. The molecule has 3 rings (SSSR count). The largest absolute Gasteiger partial charge is 0.481 e. The van der Waals surface area contributed by atoms with Crippen molar-refractivity contribution in [2.24, 2.45) is 11.8 Å². The summed E-state index contributed by atoms with van der Waals surface area (Å²) in [6, 6.07) is 5.98. The third-order valence-electron chi connectivity index (χ3n) is 5.61. The van der Waals surface area contributed by atoms with Gasteiger partial charge in [-0.15, -0.1) is 11.8 Å². The first-order valence-electron chi connectivity index (χ1n) is 9.90. The van der Waals surface area contributed by atoms with Crippen LogP contribution in [0.2, 0.25) is 0 Å². The fourth-order valence-corrected chi connectivity index (χ4v) is 5.33. The van der Waals surface area contributed by atoms with Gasteiger partial charge in [0.05, 0.1) is 11.5 Å². The van der Waals surface area contributed by atoms with Gasteiger partial charge in [0.2, 0.25) is 0 Å². The molecule has 1 saturated heterocycles. The van der Waals surface area contributed by atoms with Crippen LogP contribution < -0.4 is 5.32 Å². The summed E-state index contributed by atoms with van der Waals surface area (Å²) in [6.07, 6.45) is 6.39. The molecule has 0 bridgehead atoms. The molecule has 27 heavy (non-hydrogen) atoms. The second-order valence-electron chi connectivity index (χ2n) is 7.63. The summed E-state index contributed by atoms with van der Waals surface area (Å²) < 4.78 is 5.33. The second-order valence-corrected chi connectivity index (χ2v) is 8.97. The van der Waals surface area contributed by atoms with Crippen LogP contribution in [0.3, 0.4) is 0 Å². The molecule has 1 unspecified atom stereocenters. The van der Waals surface area contributed by atoms with E-state index in [1.807, 2.05) is 25.1 Å². The molecule has 5 nitrogen and oxygen atoms in total. The standard InChI is InChI=1S/C21H29NO4S/c1-14-6-7-19(27-16-4-2-3-5-16)17(12-14)20(23)22-13-18(21(24)25)15-8-10-26-11-9-15/h6-7,12,15-16,18H,2-5,8-11,13H2,1H3,(H,22,23)(H,24,25). The number of hydrogen-bond acceptors (Lipinski definition) is 4. The molecule has 0 radical (unpaired) electrons. The number of nitrogens with one attached hydrogen (secondary N) is 1. The Bertz CT molecular complexity index is 666. The van der Waals surface area contributed by atoms with Gasteiger partial charge in [0.25, 0.3) is 5.91 Å². The van der Waals surface area contributed by atoms with E-state index in [9.17, 15) is 14.7 Å². The molecule has 6 heteroatoms. The lowest BCUT2D eigenvalue weighted by atomic mass is 9.86. The highest BCUT2D eigenvalue weighted by Gasteiger charge is 2.30. The first-order valence-corrected chi connectivity index (χ1v) is 10.8. The molecule has 1 aromatic rings. The van der Waals surface area contributed by atoms with E-state index in [1.54, 1.807) is 11.8 Å². The van der Waals surface area contributed by atoms with Gasteiger partial charge in [0.15, 0.2) is 0 Å². The molecule has 1 atom stereocenters. The molecule has 1 saturated carbocycles. The summed E-state index contributed by atoms with van der Waals surface area (Å²) >= 11 is 1.79. The molecule has 2 N–H and O–H groups in total. The molecule has 1 aliphatic heterocycles. The minimum Gasteiger partial charge on any atom is -0.481 e. The predicted octanol–water partition coefficient (Wildman–Crippen LogP) is 3.89. The van der Waals surface area contributed by atoms with E-state index in [1.165, 1.54) is 25.7 Å². The molecule has 0 aromatic heterocycles. The van der Waals surface area contributed by atoms with E-state index in [0.29, 0.717) is 24.0 Å². The Balaban J connectivity index is 1.67. The Kier molecular flexibility index (Phi) is 7.19. The lowest BCUT2D eigenvalue weighted by Gasteiger charge is -2.27. The molecule has 148 valence electrons. The van der Waals surface area contributed by atoms with E-state index >= 15 is 0 Å². The van der Waals surface area contributed by atoms with Crippen LogP contribution in [0.15, 0.2) is 23.1 Å². The van der Waals surface area contributed by atoms with Gasteiger partial charge < -0.3 is 15.2 Å². The number of thioether (sulfide) groups is 1. The smallest absolute Gasteiger partial charge is 0.308 e. The van der Waals surface area contributed by atoms with Gasteiger partial charge in [0, 0.05) is 29.9 Å². The SMILES string of the molecule is Cc1ccc(SC2CCCC2)c(C(=O)NCC(C(=O)O)C2CCOCC2)c1. The van der Waals surface area contributed by atoms with E-state index in [0.717, 1.165) is 23.3 Å². The Morgan fingerprint density at radius 1 is 1.22 bits per heavy atom. The molecular formula is C21H29NO4S. The van der Waals surface area contributed by atoms with Crippen molar-refractivity contribution in [3.8, 4) is 0 Å². The van der Waals surface area contributed by atoms with Crippen LogP contribution >= 0.6 is 11.8 Å². The average Bonchev–Trinajstić information content (AvgIpc) is 3.17. The highest BCUT2D eigenvalue weighted by atomic mass is 32.2. The number of amides is 1. The lowest BCUT2D eigenvalue weighted by Crippen LogP contribution is -2.39. The molecule has 2 aliphatic rings. The fourth-order valence-electron chi connectivity index (χ4n) is 3.98. The number of ether oxygens (including phenoxy) is 1. The Morgan fingerprint density at radius 2 is 1.93 bits per heavy atom. The number of hydrogen-bond donors (Lipinski definition) is 2. The molecule has 0 spiro atoms. The number of carbonyl (C=O) groups is 2. The molecular weight excluding hydrogens is 362 g/mol. The maximum absolute atomic E-state index is 12.9. The van der Waals surface area contributed by atoms with Crippen LogP contribution in [0.1, 0.15) is 54.4 Å². The van der Waals surface area contributed by atoms with Gasteiger partial charge in [-0.1, -0.05) is 24.5 Å². The Hall–Kier alpha value is -1.53. The molecule has 1 heterocycles. The van der Waals surface area contributed by atoms with Crippen molar-refractivity contribution in [1.29, 1.82) is 0 Å². The first kappa shape index (κ1) is 20.2. The predicted molar refractivity (Wildman–Crippen MR) is 106 cm³/mol. The average molecular weight is 392 g/mol. The van der Waals surface area contributed by atoms with Gasteiger partial charge in [0.1, 0.15) is 0 Å². The van der Waals surface area contributed by atoms with Gasteiger partial charge in [-0.2, -0.15) is 0 Å². The maximum Gasteiger partial charge on any atom is 0.308 e. The van der Waals surface area contributed by atoms with Gasteiger partial charge >= 0.3 is 5.97 Å². The van der Waals surface area contributed by atoms with Gasteiger partial charge in [-0.05, 0) is 50.7 Å². The van der Waals surface area contributed by atoms with Crippen molar-refractivity contribution in [2.45, 2.75) is 55.6 Å². The summed E-state index contributed by atoms with van der Waals surface area (Å²) in [6.45, 7) is 3.34. The summed E-state index contributed by atoms with van der Waals surface area (Å²) in [5.74, 6) is -1.51. The summed E-state index contributed by atoms with van der Waals surface area (Å²) in [5, 5.41) is 13.1. The van der Waals surface area contributed by atoms with Crippen LogP contribution in [0.4, 0.5) is 0 Å². The number of rotatable bonds is 7. The summed E-state index contributed by atoms with van der Waals surface area (Å²) in [4.78, 5) is 25.6. The van der Waals surface area contributed by atoms with Crippen molar-refractivity contribution in [3.05, 3.63) is 29.3 Å². The van der Waals surface area contributed by atoms with Crippen LogP contribution in [-0.4, -0.2) is 42.0 Å². The molecule has 1 amide bonds. The van der Waals surface area contributed by atoms with E-state index in [-0.39, 0.29) is 18.4 Å². The Morgan fingerprint density at radius 3 is 2.59 bits per heavy atom. The highest BCUT2D eigenvalue weighted by molar-refractivity contribution is 8.00. The van der Waals surface area contributed by atoms with Crippen LogP contribution in [0.25, 0.3) is 0 Å². The van der Waals surface area contributed by atoms with Crippen LogP contribution in [0, 0.1) is 18.8 Å². The van der Waals surface area contributed by atoms with Crippen molar-refractivity contribution >= 4 is 23.6 Å². The Labute approximate surface area is 165 Å². The highest BCUT2D eigenvalue weighted by Crippen LogP contribution is 2.36. The van der Waals surface area contributed by atoms with Gasteiger partial charge in [-0.3, -0.25) is 9.59 Å². The topological polar surface area (TPSA) is 75.6 Å². The second kappa shape index (κ2) is 9.60. The van der Waals surface area contributed by atoms with E-state index in [2.05, 4.69) is 5.32 Å². The number of carboxylic acid groups (broad SMARTS) is 1. The van der Waals surface area contributed by atoms with Crippen molar-refractivity contribution in [3.63, 3.8) is 0 Å². The minimum absolute atomic E-state index is 0.0568.